The van der Waals surface area contributed by atoms with Gasteiger partial charge in [0, 0.05) is 0 Å². The first-order chi connectivity index (χ1) is 6.83. The molecule has 0 saturated heterocycles. The number of rotatable bonds is 3. The maximum absolute atomic E-state index is 13.2. The van der Waals surface area contributed by atoms with Gasteiger partial charge in [-0.3, -0.25) is 0 Å². The van der Waals surface area contributed by atoms with Gasteiger partial charge in [0.1, 0.15) is 5.54 Å². The highest BCUT2D eigenvalue weighted by atomic mass is 35.5. The number of carboxylic acid groups (broad SMARTS) is 1. The van der Waals surface area contributed by atoms with E-state index in [1.165, 1.54) is 13.8 Å². The quantitative estimate of drug-likeness (QED) is 0.632. The first kappa shape index (κ1) is 11.8. The number of halogens is 2. The lowest BCUT2D eigenvalue weighted by Crippen LogP contribution is -2.47. The van der Waals surface area contributed by atoms with Gasteiger partial charge >= 0.3 is 5.97 Å². The summed E-state index contributed by atoms with van der Waals surface area (Å²) in [6.45, 7) is 2.71. The first-order valence-electron chi connectivity index (χ1n) is 4.21. The van der Waals surface area contributed by atoms with Crippen molar-refractivity contribution in [3.05, 3.63) is 11.6 Å². The molecule has 15 heavy (non-hydrogen) atoms. The predicted octanol–water partition coefficient (Wildman–Crippen LogP) is 0.776. The molecule has 0 aromatic rings. The van der Waals surface area contributed by atoms with Gasteiger partial charge < -0.3 is 15.7 Å². The molecule has 84 valence electrons. The van der Waals surface area contributed by atoms with Crippen LogP contribution in [0.4, 0.5) is 4.39 Å². The fourth-order valence-electron chi connectivity index (χ4n) is 0.878. The third-order valence-electron chi connectivity index (χ3n) is 1.82. The van der Waals surface area contributed by atoms with Crippen molar-refractivity contribution in [2.45, 2.75) is 19.4 Å². The minimum absolute atomic E-state index is 0.0279. The lowest BCUT2D eigenvalue weighted by molar-refractivity contribution is -0.143. The Balaban J connectivity index is 2.86. The first-order valence-corrected chi connectivity index (χ1v) is 4.59. The van der Waals surface area contributed by atoms with E-state index in [4.69, 9.17) is 16.7 Å². The zero-order chi connectivity index (χ0) is 11.6. The topological polar surface area (TPSA) is 73.7 Å². The maximum atomic E-state index is 13.2. The Kier molecular flexibility index (Phi) is 3.18. The van der Waals surface area contributed by atoms with Crippen LogP contribution in [0.25, 0.3) is 0 Å². The number of amidine groups is 1. The third kappa shape index (κ3) is 2.82. The molecule has 0 spiro atoms. The SMILES string of the molecule is CC(C)(NC1=C(F)CNC(Cl)=N1)C(=O)O. The van der Waals surface area contributed by atoms with Crippen molar-refractivity contribution >= 4 is 22.9 Å². The van der Waals surface area contributed by atoms with Gasteiger partial charge in [-0.2, -0.15) is 4.99 Å². The van der Waals surface area contributed by atoms with Crippen LogP contribution in [0.2, 0.25) is 0 Å². The second-order valence-electron chi connectivity index (χ2n) is 3.56. The molecule has 0 radical (unpaired) electrons. The summed E-state index contributed by atoms with van der Waals surface area (Å²) in [5.74, 6) is -1.83. The van der Waals surface area contributed by atoms with Crippen LogP contribution in [-0.2, 0) is 4.79 Å². The normalized spacial score (nSPS) is 16.9. The Morgan fingerprint density at radius 1 is 1.73 bits per heavy atom. The molecule has 0 aliphatic carbocycles. The van der Waals surface area contributed by atoms with Crippen LogP contribution in [-0.4, -0.2) is 28.5 Å². The fraction of sp³-hybridized carbons (Fsp3) is 0.500. The van der Waals surface area contributed by atoms with E-state index in [9.17, 15) is 9.18 Å². The van der Waals surface area contributed by atoms with Crippen molar-refractivity contribution in [2.75, 3.05) is 6.54 Å². The van der Waals surface area contributed by atoms with Crippen molar-refractivity contribution in [3.63, 3.8) is 0 Å². The minimum Gasteiger partial charge on any atom is -0.480 e. The lowest BCUT2D eigenvalue weighted by atomic mass is 10.1. The van der Waals surface area contributed by atoms with E-state index in [1.54, 1.807) is 0 Å². The number of carbonyl (C=O) groups is 1. The summed E-state index contributed by atoms with van der Waals surface area (Å²) in [4.78, 5) is 14.4. The largest absolute Gasteiger partial charge is 0.480 e. The Hall–Kier alpha value is -1.30. The summed E-state index contributed by atoms with van der Waals surface area (Å²) in [5.41, 5.74) is -1.30. The molecule has 0 bridgehead atoms. The van der Waals surface area contributed by atoms with Crippen LogP contribution in [0, 0.1) is 0 Å². The second kappa shape index (κ2) is 4.06. The predicted molar refractivity (Wildman–Crippen MR) is 54.3 cm³/mol. The molecule has 1 rings (SSSR count). The Labute approximate surface area is 91.0 Å². The molecule has 0 aromatic heterocycles. The molecular weight excluding hydrogens is 225 g/mol. The Morgan fingerprint density at radius 3 is 2.87 bits per heavy atom. The molecule has 7 heteroatoms. The minimum atomic E-state index is -1.30. The van der Waals surface area contributed by atoms with Crippen molar-refractivity contribution in [1.82, 2.24) is 10.6 Å². The third-order valence-corrected chi connectivity index (χ3v) is 2.04. The van der Waals surface area contributed by atoms with Gasteiger partial charge in [0.05, 0.1) is 6.54 Å². The Morgan fingerprint density at radius 2 is 2.33 bits per heavy atom. The maximum Gasteiger partial charge on any atom is 0.328 e. The van der Waals surface area contributed by atoms with E-state index in [0.717, 1.165) is 0 Å². The van der Waals surface area contributed by atoms with E-state index >= 15 is 0 Å². The Bertz CT molecular complexity index is 352. The highest BCUT2D eigenvalue weighted by Crippen LogP contribution is 2.14. The molecule has 0 unspecified atom stereocenters. The van der Waals surface area contributed by atoms with Gasteiger partial charge in [0.25, 0.3) is 0 Å². The van der Waals surface area contributed by atoms with Crippen LogP contribution < -0.4 is 10.6 Å². The smallest absolute Gasteiger partial charge is 0.328 e. The molecule has 5 nitrogen and oxygen atoms in total. The standard InChI is InChI=1S/C8H11ClFN3O2/c1-8(2,6(14)15)13-5-4(10)3-11-7(9)12-5/h13H,3H2,1-2H3,(H,11,12)(H,14,15). The molecule has 1 aliphatic rings. The van der Waals surface area contributed by atoms with Crippen molar-refractivity contribution < 1.29 is 14.3 Å². The molecule has 1 aliphatic heterocycles. The van der Waals surface area contributed by atoms with Crippen molar-refractivity contribution in [2.24, 2.45) is 4.99 Å². The van der Waals surface area contributed by atoms with Gasteiger partial charge in [-0.15, -0.1) is 0 Å². The molecule has 0 amide bonds. The number of hydrogen-bond donors (Lipinski definition) is 3. The average Bonchev–Trinajstić information content (AvgIpc) is 2.10. The van der Waals surface area contributed by atoms with Crippen LogP contribution >= 0.6 is 11.6 Å². The zero-order valence-corrected chi connectivity index (χ0v) is 9.02. The molecule has 0 aromatic carbocycles. The number of hydrogen-bond acceptors (Lipinski definition) is 4. The van der Waals surface area contributed by atoms with Gasteiger partial charge in [0.15, 0.2) is 16.9 Å². The molecule has 0 atom stereocenters. The number of nitrogens with one attached hydrogen (secondary N) is 2. The molecule has 0 saturated carbocycles. The summed E-state index contributed by atoms with van der Waals surface area (Å²) in [7, 11) is 0. The molecule has 3 N–H and O–H groups in total. The summed E-state index contributed by atoms with van der Waals surface area (Å²) < 4.78 is 13.2. The van der Waals surface area contributed by atoms with E-state index in [0.29, 0.717) is 0 Å². The molecular formula is C8H11ClFN3O2. The summed E-state index contributed by atoms with van der Waals surface area (Å²) in [6, 6.07) is 0. The second-order valence-corrected chi connectivity index (χ2v) is 3.92. The summed E-state index contributed by atoms with van der Waals surface area (Å²) >= 11 is 5.54. The van der Waals surface area contributed by atoms with Gasteiger partial charge in [-0.25, -0.2) is 9.18 Å². The summed E-state index contributed by atoms with van der Waals surface area (Å²) in [6.07, 6.45) is 0. The van der Waals surface area contributed by atoms with Crippen LogP contribution in [0.1, 0.15) is 13.8 Å². The van der Waals surface area contributed by atoms with Crippen molar-refractivity contribution in [1.29, 1.82) is 0 Å². The highest BCUT2D eigenvalue weighted by molar-refractivity contribution is 6.64. The van der Waals surface area contributed by atoms with E-state index in [1.807, 2.05) is 0 Å². The molecule has 1 heterocycles. The molecule has 0 fully saturated rings. The monoisotopic (exact) mass is 235 g/mol. The highest BCUT2D eigenvalue weighted by Gasteiger charge is 2.29. The van der Waals surface area contributed by atoms with Gasteiger partial charge in [0.2, 0.25) is 0 Å². The van der Waals surface area contributed by atoms with Crippen LogP contribution in [0.3, 0.4) is 0 Å². The zero-order valence-electron chi connectivity index (χ0n) is 8.27. The van der Waals surface area contributed by atoms with Gasteiger partial charge in [-0.1, -0.05) is 0 Å². The van der Waals surface area contributed by atoms with E-state index in [-0.39, 0.29) is 17.7 Å². The number of carboxylic acids is 1. The van der Waals surface area contributed by atoms with Crippen molar-refractivity contribution in [3.8, 4) is 0 Å². The number of nitrogens with zero attached hydrogens (tertiary/aromatic N) is 1. The van der Waals surface area contributed by atoms with E-state index < -0.39 is 17.3 Å². The lowest BCUT2D eigenvalue weighted by Gasteiger charge is -2.24. The summed E-state index contributed by atoms with van der Waals surface area (Å²) in [5, 5.41) is 13.8. The van der Waals surface area contributed by atoms with Crippen LogP contribution in [0.5, 0.6) is 0 Å². The van der Waals surface area contributed by atoms with Crippen LogP contribution in [0.15, 0.2) is 16.6 Å². The number of aliphatic imine (C=N–C) groups is 1. The fourth-order valence-corrected chi connectivity index (χ4v) is 1.03. The van der Waals surface area contributed by atoms with Gasteiger partial charge in [-0.05, 0) is 25.4 Å². The van der Waals surface area contributed by atoms with E-state index in [2.05, 4.69) is 15.6 Å². The number of aliphatic carboxylic acids is 1. The average molecular weight is 236 g/mol.